The minimum absolute atomic E-state index is 0.543. The van der Waals surface area contributed by atoms with Gasteiger partial charge in [0.2, 0.25) is 0 Å². The van der Waals surface area contributed by atoms with Crippen molar-refractivity contribution in [1.82, 2.24) is 0 Å². The van der Waals surface area contributed by atoms with Crippen LogP contribution in [-0.2, 0) is 0 Å². The van der Waals surface area contributed by atoms with Crippen molar-refractivity contribution in [3.8, 4) is 0 Å². The van der Waals surface area contributed by atoms with Crippen molar-refractivity contribution in [1.29, 1.82) is 0 Å². The predicted molar refractivity (Wildman–Crippen MR) is 68.8 cm³/mol. The van der Waals surface area contributed by atoms with E-state index in [0.717, 1.165) is 0 Å². The molecule has 0 unspecified atom stereocenters. The van der Waals surface area contributed by atoms with Crippen molar-refractivity contribution in [2.75, 3.05) is 0 Å². The summed E-state index contributed by atoms with van der Waals surface area (Å²) in [5, 5.41) is 0. The first kappa shape index (κ1) is 9.65. The summed E-state index contributed by atoms with van der Waals surface area (Å²) in [6.45, 7) is 0. The predicted octanol–water partition coefficient (Wildman–Crippen LogP) is 3.83. The monoisotopic (exact) mass is 208 g/mol. The molecule has 3 rings (SSSR count). The van der Waals surface area contributed by atoms with Crippen LogP contribution in [0.3, 0.4) is 0 Å². The van der Waals surface area contributed by atoms with E-state index in [4.69, 9.17) is 0 Å². The number of hydrogen-bond donors (Lipinski definition) is 0. The summed E-state index contributed by atoms with van der Waals surface area (Å²) in [6.07, 6.45) is 27.2. The Morgan fingerprint density at radius 2 is 0.562 bits per heavy atom. The molecular formula is C16H16. The number of fused-ring (bicyclic) bond motifs is 2. The first-order valence-electron chi connectivity index (χ1n) is 6.00. The fourth-order valence-electron chi connectivity index (χ4n) is 2.57. The minimum Gasteiger partial charge on any atom is -0.0801 e. The molecule has 0 nitrogen and oxygen atoms in total. The second kappa shape index (κ2) is 4.13. The van der Waals surface area contributed by atoms with Gasteiger partial charge in [0.25, 0.3) is 0 Å². The molecule has 3 aliphatic rings. The lowest BCUT2D eigenvalue weighted by molar-refractivity contribution is 0.603. The third-order valence-electron chi connectivity index (χ3n) is 3.56. The van der Waals surface area contributed by atoms with Gasteiger partial charge in [0.15, 0.2) is 0 Å². The highest BCUT2D eigenvalue weighted by atomic mass is 14.2. The van der Waals surface area contributed by atoms with E-state index in [1.54, 1.807) is 0 Å². The van der Waals surface area contributed by atoms with E-state index in [1.807, 2.05) is 0 Å². The molecule has 0 bridgehead atoms. The van der Waals surface area contributed by atoms with Gasteiger partial charge < -0.3 is 0 Å². The standard InChI is InChI=1S/C16H16/c1-2-6-14-11-12-16-8-4-3-7-15(16)10-9-13(14)5-1/h1-16H. The molecule has 0 amide bonds. The third-order valence-corrected chi connectivity index (χ3v) is 3.56. The van der Waals surface area contributed by atoms with Crippen LogP contribution in [0.5, 0.6) is 0 Å². The molecule has 0 fully saturated rings. The van der Waals surface area contributed by atoms with Crippen LogP contribution in [0.4, 0.5) is 0 Å². The van der Waals surface area contributed by atoms with Gasteiger partial charge in [0.1, 0.15) is 0 Å². The van der Waals surface area contributed by atoms with E-state index in [0.29, 0.717) is 23.7 Å². The summed E-state index contributed by atoms with van der Waals surface area (Å²) < 4.78 is 0. The minimum atomic E-state index is 0.543. The lowest BCUT2D eigenvalue weighted by Gasteiger charge is -2.25. The fourth-order valence-corrected chi connectivity index (χ4v) is 2.57. The van der Waals surface area contributed by atoms with Gasteiger partial charge in [-0.05, 0) is 0 Å². The number of hydrogen-bond acceptors (Lipinski definition) is 0. The van der Waals surface area contributed by atoms with Crippen molar-refractivity contribution in [2.24, 2.45) is 23.7 Å². The van der Waals surface area contributed by atoms with Gasteiger partial charge in [-0.15, -0.1) is 0 Å². The molecule has 0 aliphatic heterocycles. The summed E-state index contributed by atoms with van der Waals surface area (Å²) >= 11 is 0. The van der Waals surface area contributed by atoms with E-state index in [-0.39, 0.29) is 0 Å². The molecule has 0 heterocycles. The molecule has 0 aromatic heterocycles. The highest BCUT2D eigenvalue weighted by molar-refractivity contribution is 5.29. The molecule has 0 radical (unpaired) electrons. The average Bonchev–Trinajstić information content (AvgIpc) is 2.32. The molecule has 16 heavy (non-hydrogen) atoms. The maximum Gasteiger partial charge on any atom is 0.00476 e. The van der Waals surface area contributed by atoms with Gasteiger partial charge >= 0.3 is 0 Å². The average molecular weight is 208 g/mol. The topological polar surface area (TPSA) is 0 Å². The molecule has 0 spiro atoms. The Morgan fingerprint density at radius 1 is 0.312 bits per heavy atom. The molecule has 0 N–H and O–H groups in total. The van der Waals surface area contributed by atoms with Gasteiger partial charge in [-0.1, -0.05) is 72.9 Å². The van der Waals surface area contributed by atoms with Gasteiger partial charge in [-0.3, -0.25) is 0 Å². The molecule has 3 aliphatic carbocycles. The Bertz CT molecular complexity index is 347. The highest BCUT2D eigenvalue weighted by Crippen LogP contribution is 2.30. The molecule has 0 aromatic carbocycles. The van der Waals surface area contributed by atoms with Crippen molar-refractivity contribution in [3.63, 3.8) is 0 Å². The van der Waals surface area contributed by atoms with Crippen LogP contribution in [-0.4, -0.2) is 0 Å². The van der Waals surface area contributed by atoms with Gasteiger partial charge in [-0.2, -0.15) is 0 Å². The molecular weight excluding hydrogens is 192 g/mol. The van der Waals surface area contributed by atoms with Crippen LogP contribution in [0, 0.1) is 23.7 Å². The van der Waals surface area contributed by atoms with Crippen molar-refractivity contribution in [3.05, 3.63) is 72.9 Å². The quantitative estimate of drug-likeness (QED) is 0.531. The maximum atomic E-state index is 2.36. The van der Waals surface area contributed by atoms with Crippen LogP contribution in [0.2, 0.25) is 0 Å². The van der Waals surface area contributed by atoms with E-state index >= 15 is 0 Å². The van der Waals surface area contributed by atoms with Gasteiger partial charge in [0.05, 0.1) is 0 Å². The van der Waals surface area contributed by atoms with Crippen LogP contribution >= 0.6 is 0 Å². The zero-order chi connectivity index (χ0) is 10.8. The van der Waals surface area contributed by atoms with Crippen molar-refractivity contribution in [2.45, 2.75) is 0 Å². The van der Waals surface area contributed by atoms with E-state index in [1.165, 1.54) is 0 Å². The molecule has 0 aromatic rings. The lowest BCUT2D eigenvalue weighted by Crippen LogP contribution is -2.15. The van der Waals surface area contributed by atoms with Crippen LogP contribution in [0.15, 0.2) is 72.9 Å². The van der Waals surface area contributed by atoms with Gasteiger partial charge in [-0.25, -0.2) is 0 Å². The van der Waals surface area contributed by atoms with Crippen LogP contribution in [0.1, 0.15) is 0 Å². The Kier molecular flexibility index (Phi) is 2.49. The fraction of sp³-hybridized carbons (Fsp3) is 0.250. The number of allylic oxidation sites excluding steroid dienone is 12. The summed E-state index contributed by atoms with van der Waals surface area (Å²) in [7, 11) is 0. The van der Waals surface area contributed by atoms with E-state index < -0.39 is 0 Å². The highest BCUT2D eigenvalue weighted by Gasteiger charge is 2.19. The third kappa shape index (κ3) is 1.76. The SMILES string of the molecule is C1=CC2C=CC3C=CC=CC3C=CC2C=C1. The molecule has 0 heteroatoms. The second-order valence-corrected chi connectivity index (χ2v) is 4.62. The lowest BCUT2D eigenvalue weighted by atomic mass is 9.80. The first-order valence-corrected chi connectivity index (χ1v) is 6.00. The van der Waals surface area contributed by atoms with Gasteiger partial charge in [0, 0.05) is 23.7 Å². The zero-order valence-electron chi connectivity index (χ0n) is 9.24. The summed E-state index contributed by atoms with van der Waals surface area (Å²) in [6, 6.07) is 0. The van der Waals surface area contributed by atoms with E-state index in [9.17, 15) is 0 Å². The smallest absolute Gasteiger partial charge is 0.00476 e. The molecule has 80 valence electrons. The summed E-state index contributed by atoms with van der Waals surface area (Å²) in [5.41, 5.74) is 0. The van der Waals surface area contributed by atoms with Crippen molar-refractivity contribution >= 4 is 0 Å². The van der Waals surface area contributed by atoms with Crippen LogP contribution < -0.4 is 0 Å². The van der Waals surface area contributed by atoms with Crippen molar-refractivity contribution < 1.29 is 0 Å². The summed E-state index contributed by atoms with van der Waals surface area (Å²) in [4.78, 5) is 0. The number of rotatable bonds is 0. The second-order valence-electron chi connectivity index (χ2n) is 4.62. The Morgan fingerprint density at radius 3 is 0.812 bits per heavy atom. The molecule has 0 atom stereocenters. The van der Waals surface area contributed by atoms with Crippen LogP contribution in [0.25, 0.3) is 0 Å². The summed E-state index contributed by atoms with van der Waals surface area (Å²) in [5.74, 6) is 2.17. The molecule has 0 saturated carbocycles. The largest absolute Gasteiger partial charge is 0.0801 e. The maximum absolute atomic E-state index is 2.36. The Labute approximate surface area is 97.1 Å². The normalized spacial score (nSPS) is 39.0. The Hall–Kier alpha value is -1.56. The van der Waals surface area contributed by atoms with E-state index in [2.05, 4.69) is 72.9 Å². The first-order chi connectivity index (χ1) is 7.93. The zero-order valence-corrected chi connectivity index (χ0v) is 9.24. The Balaban J connectivity index is 1.91. The molecule has 0 saturated heterocycles.